The van der Waals surface area contributed by atoms with E-state index < -0.39 is 0 Å². The zero-order chi connectivity index (χ0) is 17.5. The lowest BCUT2D eigenvalue weighted by Gasteiger charge is -2.40. The van der Waals surface area contributed by atoms with Crippen molar-refractivity contribution in [2.45, 2.75) is 77.0 Å². The molecule has 0 radical (unpaired) electrons. The van der Waals surface area contributed by atoms with Crippen LogP contribution in [0.2, 0.25) is 0 Å². The summed E-state index contributed by atoms with van der Waals surface area (Å²) in [5.41, 5.74) is 1.09. The minimum absolute atomic E-state index is 0.295. The Bertz CT molecular complexity index is 561. The Morgan fingerprint density at radius 2 is 1.56 bits per heavy atom. The van der Waals surface area contributed by atoms with Gasteiger partial charge in [-0.1, -0.05) is 62.4 Å². The fraction of sp³-hybridized carbons (Fsp3) is 0.652. The van der Waals surface area contributed by atoms with Gasteiger partial charge in [-0.05, 0) is 43.1 Å². The predicted octanol–water partition coefficient (Wildman–Crippen LogP) is 5.53. The van der Waals surface area contributed by atoms with Gasteiger partial charge < -0.3 is 0 Å². The van der Waals surface area contributed by atoms with E-state index in [-0.39, 0.29) is 0 Å². The molecule has 2 aliphatic carbocycles. The van der Waals surface area contributed by atoms with Gasteiger partial charge in [0.15, 0.2) is 0 Å². The second-order valence-corrected chi connectivity index (χ2v) is 8.12. The molecule has 0 aliphatic heterocycles. The number of rotatable bonds is 8. The van der Waals surface area contributed by atoms with Gasteiger partial charge in [0.1, 0.15) is 11.6 Å². The maximum Gasteiger partial charge on any atom is 0.137 e. The van der Waals surface area contributed by atoms with Crippen molar-refractivity contribution in [2.24, 2.45) is 17.8 Å². The maximum absolute atomic E-state index is 12.7. The topological polar surface area (TPSA) is 34.1 Å². The minimum atomic E-state index is 0.295. The Balaban J connectivity index is 1.37. The highest BCUT2D eigenvalue weighted by atomic mass is 16.1. The van der Waals surface area contributed by atoms with Crippen molar-refractivity contribution < 1.29 is 9.59 Å². The van der Waals surface area contributed by atoms with Crippen LogP contribution in [0.5, 0.6) is 0 Å². The molecule has 0 amide bonds. The van der Waals surface area contributed by atoms with Crippen molar-refractivity contribution in [2.75, 3.05) is 0 Å². The molecule has 2 aliphatic rings. The fourth-order valence-corrected chi connectivity index (χ4v) is 5.06. The molecule has 25 heavy (non-hydrogen) atoms. The van der Waals surface area contributed by atoms with Crippen molar-refractivity contribution in [1.82, 2.24) is 0 Å². The summed E-state index contributed by atoms with van der Waals surface area (Å²) in [5.74, 6) is 2.62. The number of carbonyl (C=O) groups excluding carboxylic acids is 2. The average molecular weight is 341 g/mol. The van der Waals surface area contributed by atoms with Crippen LogP contribution in [0.15, 0.2) is 30.3 Å². The minimum Gasteiger partial charge on any atom is -0.299 e. The highest BCUT2D eigenvalue weighted by Gasteiger charge is 2.37. The van der Waals surface area contributed by atoms with Crippen molar-refractivity contribution in [3.8, 4) is 0 Å². The number of Topliss-reactive ketones (excluding diaryl/α,β-unsaturated/α-hetero) is 2. The third-order valence-electron chi connectivity index (χ3n) is 6.36. The number of unbranched alkanes of at least 4 members (excludes halogenated alkanes) is 1. The summed E-state index contributed by atoms with van der Waals surface area (Å²) < 4.78 is 0. The molecule has 2 fully saturated rings. The molecule has 0 bridgehead atoms. The van der Waals surface area contributed by atoms with Crippen molar-refractivity contribution >= 4 is 11.6 Å². The standard InChI is InChI=1S/C23H32O2/c24-20(17-18-9-2-1-3-10-18)13-5-7-16-23(25)22-15-8-12-19-11-4-6-14-21(19)22/h1-3,9-10,19,21-22H,4-8,11-17H2. The smallest absolute Gasteiger partial charge is 0.137 e. The lowest BCUT2D eigenvalue weighted by atomic mass is 9.64. The third kappa shape index (κ3) is 5.26. The van der Waals surface area contributed by atoms with Crippen LogP contribution in [0.1, 0.15) is 76.2 Å². The van der Waals surface area contributed by atoms with Gasteiger partial charge in [-0.15, -0.1) is 0 Å². The van der Waals surface area contributed by atoms with E-state index in [0.717, 1.165) is 30.7 Å². The van der Waals surface area contributed by atoms with Crippen LogP contribution in [0.25, 0.3) is 0 Å². The Morgan fingerprint density at radius 3 is 2.40 bits per heavy atom. The van der Waals surface area contributed by atoms with E-state index in [1.165, 1.54) is 38.5 Å². The molecule has 0 saturated heterocycles. The van der Waals surface area contributed by atoms with Crippen LogP contribution in [-0.4, -0.2) is 11.6 Å². The zero-order valence-corrected chi connectivity index (χ0v) is 15.4. The van der Waals surface area contributed by atoms with Gasteiger partial charge in [-0.25, -0.2) is 0 Å². The molecule has 0 heterocycles. The van der Waals surface area contributed by atoms with E-state index in [1.807, 2.05) is 30.3 Å². The first-order chi connectivity index (χ1) is 12.2. The van der Waals surface area contributed by atoms with Crippen molar-refractivity contribution in [3.05, 3.63) is 35.9 Å². The first kappa shape index (κ1) is 18.4. The number of fused-ring (bicyclic) bond motifs is 1. The number of hydrogen-bond acceptors (Lipinski definition) is 2. The van der Waals surface area contributed by atoms with Gasteiger partial charge in [0.25, 0.3) is 0 Å². The van der Waals surface area contributed by atoms with Crippen LogP contribution < -0.4 is 0 Å². The Labute approximate surface area is 152 Å². The molecule has 3 rings (SSSR count). The largest absolute Gasteiger partial charge is 0.299 e. The molecule has 136 valence electrons. The summed E-state index contributed by atoms with van der Waals surface area (Å²) >= 11 is 0. The molecular weight excluding hydrogens is 308 g/mol. The lowest BCUT2D eigenvalue weighted by molar-refractivity contribution is -0.127. The predicted molar refractivity (Wildman–Crippen MR) is 101 cm³/mol. The van der Waals surface area contributed by atoms with E-state index in [2.05, 4.69) is 0 Å². The second-order valence-electron chi connectivity index (χ2n) is 8.12. The van der Waals surface area contributed by atoms with Gasteiger partial charge >= 0.3 is 0 Å². The molecule has 0 spiro atoms. The first-order valence-corrected chi connectivity index (χ1v) is 10.3. The summed E-state index contributed by atoms with van der Waals surface area (Å²) in [7, 11) is 0. The molecule has 2 saturated carbocycles. The van der Waals surface area contributed by atoms with E-state index in [9.17, 15) is 9.59 Å². The number of benzene rings is 1. The first-order valence-electron chi connectivity index (χ1n) is 10.3. The Morgan fingerprint density at radius 1 is 0.840 bits per heavy atom. The average Bonchev–Trinajstić information content (AvgIpc) is 2.65. The molecule has 0 aromatic heterocycles. The van der Waals surface area contributed by atoms with Crippen LogP contribution in [0, 0.1) is 17.8 Å². The zero-order valence-electron chi connectivity index (χ0n) is 15.4. The number of hydrogen-bond donors (Lipinski definition) is 0. The molecule has 3 atom stereocenters. The van der Waals surface area contributed by atoms with Gasteiger partial charge in [0.05, 0.1) is 0 Å². The second kappa shape index (κ2) is 9.31. The molecule has 1 aromatic carbocycles. The van der Waals surface area contributed by atoms with Gasteiger partial charge in [0, 0.05) is 25.2 Å². The van der Waals surface area contributed by atoms with Crippen LogP contribution in [-0.2, 0) is 16.0 Å². The van der Waals surface area contributed by atoms with Crippen molar-refractivity contribution in [3.63, 3.8) is 0 Å². The summed E-state index contributed by atoms with van der Waals surface area (Å²) in [6.07, 6.45) is 12.6. The van der Waals surface area contributed by atoms with Crippen LogP contribution in [0.4, 0.5) is 0 Å². The fourth-order valence-electron chi connectivity index (χ4n) is 5.06. The van der Waals surface area contributed by atoms with Crippen LogP contribution >= 0.6 is 0 Å². The molecule has 0 N–H and O–H groups in total. The number of ketones is 2. The van der Waals surface area contributed by atoms with E-state index in [0.29, 0.717) is 42.7 Å². The molecule has 2 heteroatoms. The lowest BCUT2D eigenvalue weighted by Crippen LogP contribution is -2.35. The highest BCUT2D eigenvalue weighted by Crippen LogP contribution is 2.44. The quantitative estimate of drug-likeness (QED) is 0.583. The summed E-state index contributed by atoms with van der Waals surface area (Å²) in [6.45, 7) is 0. The SMILES string of the molecule is O=C(CCCCC(=O)C1CCCC2CCCCC21)Cc1ccccc1. The summed E-state index contributed by atoms with van der Waals surface area (Å²) in [6, 6.07) is 9.94. The highest BCUT2D eigenvalue weighted by molar-refractivity contribution is 5.82. The monoisotopic (exact) mass is 340 g/mol. The van der Waals surface area contributed by atoms with Gasteiger partial charge in [-0.3, -0.25) is 9.59 Å². The number of carbonyl (C=O) groups is 2. The van der Waals surface area contributed by atoms with E-state index >= 15 is 0 Å². The molecule has 2 nitrogen and oxygen atoms in total. The molecule has 3 unspecified atom stereocenters. The third-order valence-corrected chi connectivity index (χ3v) is 6.36. The van der Waals surface area contributed by atoms with Gasteiger partial charge in [0.2, 0.25) is 0 Å². The Kier molecular flexibility index (Phi) is 6.84. The molecule has 1 aromatic rings. The van der Waals surface area contributed by atoms with Crippen LogP contribution in [0.3, 0.4) is 0 Å². The van der Waals surface area contributed by atoms with E-state index in [4.69, 9.17) is 0 Å². The summed E-state index contributed by atoms with van der Waals surface area (Å²) in [5, 5.41) is 0. The normalized spacial score (nSPS) is 26.0. The molecular formula is C23H32O2. The Hall–Kier alpha value is -1.44. The maximum atomic E-state index is 12.7. The summed E-state index contributed by atoms with van der Waals surface area (Å²) in [4.78, 5) is 24.8. The van der Waals surface area contributed by atoms with Gasteiger partial charge in [-0.2, -0.15) is 0 Å². The van der Waals surface area contributed by atoms with Crippen molar-refractivity contribution in [1.29, 1.82) is 0 Å². The van der Waals surface area contributed by atoms with E-state index in [1.54, 1.807) is 0 Å².